The Morgan fingerprint density at radius 1 is 1.48 bits per heavy atom. The Labute approximate surface area is 133 Å². The number of furan rings is 1. The molecule has 0 spiro atoms. The molecule has 0 unspecified atom stereocenters. The minimum atomic E-state index is -3.57. The highest BCUT2D eigenvalue weighted by atomic mass is 79.9. The molecular formula is C13H21BrN2O4S. The average Bonchev–Trinajstić information content (AvgIpc) is 2.73. The van der Waals surface area contributed by atoms with E-state index in [0.29, 0.717) is 31.2 Å². The quantitative estimate of drug-likeness (QED) is 0.755. The van der Waals surface area contributed by atoms with E-state index in [0.717, 1.165) is 0 Å². The predicted octanol–water partition coefficient (Wildman–Crippen LogP) is 2.00. The molecule has 2 N–H and O–H groups in total. The van der Waals surface area contributed by atoms with Crippen molar-refractivity contribution in [2.45, 2.75) is 56.3 Å². The van der Waals surface area contributed by atoms with Gasteiger partial charge in [-0.05, 0) is 28.8 Å². The van der Waals surface area contributed by atoms with Gasteiger partial charge in [0.25, 0.3) is 0 Å². The third-order valence-corrected chi connectivity index (χ3v) is 5.81. The molecule has 1 aromatic rings. The van der Waals surface area contributed by atoms with E-state index in [4.69, 9.17) is 9.15 Å². The first-order valence-corrected chi connectivity index (χ1v) is 9.16. The molecular weight excluding hydrogens is 360 g/mol. The van der Waals surface area contributed by atoms with Gasteiger partial charge in [0, 0.05) is 25.3 Å². The molecule has 1 saturated carbocycles. The fraction of sp³-hybridized carbons (Fsp3) is 0.692. The van der Waals surface area contributed by atoms with Crippen LogP contribution in [0.2, 0.25) is 0 Å². The zero-order chi connectivity index (χ0) is 15.6. The zero-order valence-electron chi connectivity index (χ0n) is 12.3. The van der Waals surface area contributed by atoms with E-state index >= 15 is 0 Å². The minimum Gasteiger partial charge on any atom is -0.452 e. The number of nitrogens with one attached hydrogen (secondary N) is 2. The molecule has 1 aliphatic carbocycles. The molecule has 6 nitrogen and oxygen atoms in total. The lowest BCUT2D eigenvalue weighted by Crippen LogP contribution is -2.47. The molecule has 120 valence electrons. The lowest BCUT2D eigenvalue weighted by Gasteiger charge is -2.34. The summed E-state index contributed by atoms with van der Waals surface area (Å²) in [5.74, 6) is 0.583. The second kappa shape index (κ2) is 6.78. The van der Waals surface area contributed by atoms with Crippen LogP contribution in [0.3, 0.4) is 0 Å². The molecule has 1 aliphatic rings. The SMILES string of the molecule is COC1CC(NS(=O)(=O)c2cc(CNC(C)C)oc2Br)C1. The number of hydrogen-bond donors (Lipinski definition) is 2. The van der Waals surface area contributed by atoms with Crippen molar-refractivity contribution in [2.75, 3.05) is 7.11 Å². The summed E-state index contributed by atoms with van der Waals surface area (Å²) < 4.78 is 38.2. The second-order valence-corrected chi connectivity index (χ2v) is 7.94. The van der Waals surface area contributed by atoms with Gasteiger partial charge in [0.05, 0.1) is 12.6 Å². The Morgan fingerprint density at radius 2 is 2.14 bits per heavy atom. The fourth-order valence-electron chi connectivity index (χ4n) is 2.11. The molecule has 1 aromatic heterocycles. The summed E-state index contributed by atoms with van der Waals surface area (Å²) in [6.07, 6.45) is 1.55. The molecule has 8 heteroatoms. The molecule has 0 saturated heterocycles. The number of rotatable bonds is 7. The highest BCUT2D eigenvalue weighted by Gasteiger charge is 2.34. The molecule has 0 bridgehead atoms. The van der Waals surface area contributed by atoms with Crippen molar-refractivity contribution in [3.8, 4) is 0 Å². The topological polar surface area (TPSA) is 80.6 Å². The molecule has 0 amide bonds. The molecule has 1 fully saturated rings. The average molecular weight is 381 g/mol. The number of methoxy groups -OCH3 is 1. The third kappa shape index (κ3) is 4.29. The molecule has 0 radical (unpaired) electrons. The number of ether oxygens (including phenoxy) is 1. The molecule has 0 atom stereocenters. The van der Waals surface area contributed by atoms with Crippen LogP contribution in [-0.4, -0.2) is 33.7 Å². The van der Waals surface area contributed by atoms with Crippen LogP contribution in [0, 0.1) is 0 Å². The van der Waals surface area contributed by atoms with Gasteiger partial charge in [-0.1, -0.05) is 13.8 Å². The van der Waals surface area contributed by atoms with Gasteiger partial charge in [0.2, 0.25) is 10.0 Å². The Hall–Kier alpha value is -0.410. The summed E-state index contributed by atoms with van der Waals surface area (Å²) in [5.41, 5.74) is 0. The molecule has 0 aromatic carbocycles. The molecule has 0 aliphatic heterocycles. The van der Waals surface area contributed by atoms with Gasteiger partial charge >= 0.3 is 0 Å². The van der Waals surface area contributed by atoms with Crippen molar-refractivity contribution in [1.82, 2.24) is 10.0 Å². The summed E-state index contributed by atoms with van der Waals surface area (Å²) >= 11 is 3.18. The smallest absolute Gasteiger partial charge is 0.245 e. The van der Waals surface area contributed by atoms with Crippen molar-refractivity contribution < 1.29 is 17.6 Å². The van der Waals surface area contributed by atoms with Gasteiger partial charge in [-0.15, -0.1) is 0 Å². The van der Waals surface area contributed by atoms with Crippen LogP contribution in [0.15, 0.2) is 20.0 Å². The summed E-state index contributed by atoms with van der Waals surface area (Å²) in [5, 5.41) is 3.18. The van der Waals surface area contributed by atoms with Gasteiger partial charge in [-0.3, -0.25) is 0 Å². The van der Waals surface area contributed by atoms with Crippen molar-refractivity contribution in [3.05, 3.63) is 16.5 Å². The lowest BCUT2D eigenvalue weighted by atomic mass is 9.90. The van der Waals surface area contributed by atoms with E-state index in [1.54, 1.807) is 13.2 Å². The predicted molar refractivity (Wildman–Crippen MR) is 82.5 cm³/mol. The van der Waals surface area contributed by atoms with Crippen molar-refractivity contribution in [1.29, 1.82) is 0 Å². The standard InChI is InChI=1S/C13H21BrN2O4S/c1-8(2)15-7-11-6-12(13(14)20-11)21(17,18)16-9-4-10(5-9)19-3/h6,8-10,15-16H,4-5,7H2,1-3H3. The van der Waals surface area contributed by atoms with E-state index in [1.165, 1.54) is 0 Å². The molecule has 21 heavy (non-hydrogen) atoms. The highest BCUT2D eigenvalue weighted by Crippen LogP contribution is 2.29. The first-order chi connectivity index (χ1) is 9.81. The van der Waals surface area contributed by atoms with Crippen molar-refractivity contribution >= 4 is 26.0 Å². The van der Waals surface area contributed by atoms with Crippen molar-refractivity contribution in [2.24, 2.45) is 0 Å². The largest absolute Gasteiger partial charge is 0.452 e. The van der Waals surface area contributed by atoms with Crippen LogP contribution in [0.25, 0.3) is 0 Å². The maximum absolute atomic E-state index is 12.3. The van der Waals surface area contributed by atoms with Crippen LogP contribution in [0.1, 0.15) is 32.4 Å². The van der Waals surface area contributed by atoms with E-state index < -0.39 is 10.0 Å². The van der Waals surface area contributed by atoms with E-state index in [9.17, 15) is 8.42 Å². The van der Waals surface area contributed by atoms with E-state index in [-0.39, 0.29) is 21.7 Å². The van der Waals surface area contributed by atoms with Gasteiger partial charge in [-0.2, -0.15) is 0 Å². The Kier molecular flexibility index (Phi) is 5.48. The fourth-order valence-corrected chi connectivity index (χ4v) is 4.37. The monoisotopic (exact) mass is 380 g/mol. The van der Waals surface area contributed by atoms with E-state index in [1.807, 2.05) is 13.8 Å². The zero-order valence-corrected chi connectivity index (χ0v) is 14.8. The van der Waals surface area contributed by atoms with Crippen LogP contribution < -0.4 is 10.0 Å². The van der Waals surface area contributed by atoms with Gasteiger partial charge in [-0.25, -0.2) is 13.1 Å². The second-order valence-electron chi connectivity index (χ2n) is 5.53. The maximum atomic E-state index is 12.3. The van der Waals surface area contributed by atoms with Crippen LogP contribution in [0.4, 0.5) is 0 Å². The first-order valence-electron chi connectivity index (χ1n) is 6.88. The maximum Gasteiger partial charge on any atom is 0.245 e. The first kappa shape index (κ1) is 17.0. The van der Waals surface area contributed by atoms with Gasteiger partial charge < -0.3 is 14.5 Å². The van der Waals surface area contributed by atoms with Crippen LogP contribution in [0.5, 0.6) is 0 Å². The van der Waals surface area contributed by atoms with Crippen LogP contribution >= 0.6 is 15.9 Å². The van der Waals surface area contributed by atoms with E-state index in [2.05, 4.69) is 26.0 Å². The Morgan fingerprint density at radius 3 is 2.71 bits per heavy atom. The van der Waals surface area contributed by atoms with Crippen molar-refractivity contribution in [3.63, 3.8) is 0 Å². The summed E-state index contributed by atoms with van der Waals surface area (Å²) in [4.78, 5) is 0.143. The highest BCUT2D eigenvalue weighted by molar-refractivity contribution is 9.10. The summed E-state index contributed by atoms with van der Waals surface area (Å²) in [6.45, 7) is 4.51. The Balaban J connectivity index is 2.02. The lowest BCUT2D eigenvalue weighted by molar-refractivity contribution is 0.0236. The number of halogens is 1. The normalized spacial score (nSPS) is 22.5. The number of sulfonamides is 1. The Bertz CT molecular complexity index is 579. The summed E-state index contributed by atoms with van der Waals surface area (Å²) in [7, 11) is -1.94. The summed E-state index contributed by atoms with van der Waals surface area (Å²) in [6, 6.07) is 1.78. The minimum absolute atomic E-state index is 0.0704. The number of hydrogen-bond acceptors (Lipinski definition) is 5. The molecule has 2 rings (SSSR count). The third-order valence-electron chi connectivity index (χ3n) is 3.43. The van der Waals surface area contributed by atoms with Crippen LogP contribution in [-0.2, 0) is 21.3 Å². The van der Waals surface area contributed by atoms with Gasteiger partial charge in [0.1, 0.15) is 10.7 Å². The van der Waals surface area contributed by atoms with Gasteiger partial charge in [0.15, 0.2) is 4.67 Å². The molecule has 1 heterocycles.